The van der Waals surface area contributed by atoms with Crippen molar-refractivity contribution in [1.29, 1.82) is 5.26 Å². The molecular weight excluding hydrogens is 633 g/mol. The number of hydrogen-bond acceptors (Lipinski definition) is 4. The predicted octanol–water partition coefficient (Wildman–Crippen LogP) is 11.7. The molecule has 4 heteroatoms. The van der Waals surface area contributed by atoms with Crippen LogP contribution in [0.4, 0.5) is 0 Å². The molecule has 1 heterocycles. The number of fused-ring (bicyclic) bond motifs is 3. The zero-order valence-electron chi connectivity index (χ0n) is 28.6. The summed E-state index contributed by atoms with van der Waals surface area (Å²) in [5, 5.41) is 9.59. The highest BCUT2D eigenvalue weighted by molar-refractivity contribution is 5.99. The van der Waals surface area contributed by atoms with Crippen LogP contribution < -0.4 is 0 Å². The van der Waals surface area contributed by atoms with Gasteiger partial charge >= 0.3 is 0 Å². The number of rotatable bonds is 6. The largest absolute Gasteiger partial charge is 0.208 e. The highest BCUT2D eigenvalue weighted by atomic mass is 15.0. The Bertz CT molecular complexity index is 2490. The highest BCUT2D eigenvalue weighted by Crippen LogP contribution is 2.47. The van der Waals surface area contributed by atoms with Crippen LogP contribution in [0, 0.1) is 11.3 Å². The Morgan fingerprint density at radius 2 is 0.865 bits per heavy atom. The second-order valence-electron chi connectivity index (χ2n) is 13.3. The molecule has 246 valence electrons. The fourth-order valence-corrected chi connectivity index (χ4v) is 7.64. The lowest BCUT2D eigenvalue weighted by atomic mass is 9.75. The molecule has 0 amide bonds. The van der Waals surface area contributed by atoms with Crippen LogP contribution >= 0.6 is 0 Å². The molecule has 1 aromatic heterocycles. The van der Waals surface area contributed by atoms with Gasteiger partial charge in [-0.2, -0.15) is 5.26 Å². The normalized spacial score (nSPS) is 12.9. The van der Waals surface area contributed by atoms with Gasteiger partial charge in [0.25, 0.3) is 0 Å². The van der Waals surface area contributed by atoms with E-state index in [2.05, 4.69) is 78.9 Å². The quantitative estimate of drug-likeness (QED) is 0.177. The molecule has 6 aromatic carbocycles. The van der Waals surface area contributed by atoms with E-state index >= 15 is 0 Å². The van der Waals surface area contributed by atoms with Crippen LogP contribution in [-0.4, -0.2) is 15.0 Å². The maximum absolute atomic E-state index is 9.59. The van der Waals surface area contributed by atoms with Crippen LogP contribution in [0.3, 0.4) is 0 Å². The van der Waals surface area contributed by atoms with Crippen LogP contribution in [0.25, 0.3) is 79.7 Å². The van der Waals surface area contributed by atoms with E-state index < -0.39 is 0 Å². The number of nitrogens with zero attached hydrogens (tertiary/aromatic N) is 4. The first-order chi connectivity index (χ1) is 25.7. The summed E-state index contributed by atoms with van der Waals surface area (Å²) in [7, 11) is 0. The summed E-state index contributed by atoms with van der Waals surface area (Å²) < 4.78 is 0. The van der Waals surface area contributed by atoms with Gasteiger partial charge in [0.15, 0.2) is 17.5 Å². The molecule has 0 spiro atoms. The van der Waals surface area contributed by atoms with E-state index in [1.54, 1.807) is 0 Å². The summed E-state index contributed by atoms with van der Waals surface area (Å²) >= 11 is 0. The lowest BCUT2D eigenvalue weighted by molar-refractivity contribution is 0.907. The number of hydrogen-bond donors (Lipinski definition) is 0. The first kappa shape index (κ1) is 31.3. The second-order valence-corrected chi connectivity index (χ2v) is 13.3. The van der Waals surface area contributed by atoms with Crippen LogP contribution in [0.1, 0.15) is 40.7 Å². The molecule has 0 unspecified atom stereocenters. The fraction of sp³-hybridized carbons (Fsp3) is 0.0833. The Balaban J connectivity index is 1.36. The molecule has 0 fully saturated rings. The molecule has 9 rings (SSSR count). The molecule has 0 radical (unpaired) electrons. The summed E-state index contributed by atoms with van der Waals surface area (Å²) in [6.45, 7) is 0. The van der Waals surface area contributed by atoms with Crippen molar-refractivity contribution in [2.24, 2.45) is 0 Å². The summed E-state index contributed by atoms with van der Waals surface area (Å²) in [5.41, 5.74) is 15.8. The smallest absolute Gasteiger partial charge is 0.164 e. The molecule has 0 bridgehead atoms. The molecule has 7 aromatic rings. The summed E-state index contributed by atoms with van der Waals surface area (Å²) in [6, 6.07) is 47.9. The van der Waals surface area contributed by atoms with Gasteiger partial charge in [0.2, 0.25) is 0 Å². The minimum Gasteiger partial charge on any atom is -0.208 e. The molecule has 2 aliphatic carbocycles. The van der Waals surface area contributed by atoms with Gasteiger partial charge in [-0.1, -0.05) is 127 Å². The molecule has 0 N–H and O–H groups in total. The van der Waals surface area contributed by atoms with Crippen molar-refractivity contribution in [3.05, 3.63) is 173 Å². The van der Waals surface area contributed by atoms with E-state index in [1.165, 1.54) is 38.9 Å². The monoisotopic (exact) mass is 666 g/mol. The average Bonchev–Trinajstić information content (AvgIpc) is 3.24. The Labute approximate surface area is 304 Å². The van der Waals surface area contributed by atoms with Gasteiger partial charge in [-0.25, -0.2) is 15.0 Å². The third-order valence-corrected chi connectivity index (χ3v) is 10.1. The lowest BCUT2D eigenvalue weighted by Crippen LogP contribution is -2.10. The molecule has 0 atom stereocenters. The topological polar surface area (TPSA) is 62.5 Å². The van der Waals surface area contributed by atoms with E-state index in [9.17, 15) is 5.26 Å². The molecule has 0 saturated carbocycles. The van der Waals surface area contributed by atoms with Gasteiger partial charge < -0.3 is 0 Å². The second kappa shape index (κ2) is 13.5. The zero-order chi connectivity index (χ0) is 34.9. The van der Waals surface area contributed by atoms with Gasteiger partial charge in [-0.05, 0) is 112 Å². The van der Waals surface area contributed by atoms with Crippen LogP contribution in [-0.2, 0) is 12.8 Å². The molecule has 2 aliphatic rings. The van der Waals surface area contributed by atoms with Crippen molar-refractivity contribution in [2.75, 3.05) is 0 Å². The van der Waals surface area contributed by atoms with E-state index in [-0.39, 0.29) is 0 Å². The SMILES string of the molecule is N#Cc1ccc(-c2cc(-c3nc(-c4ccccc4)nc(-c4ccccc4)n3)cc(-c3c4c(c5c(c3-c3ccccc3)C=CCC5)CCC=C4)c2)cc1. The van der Waals surface area contributed by atoms with Gasteiger partial charge in [0, 0.05) is 16.7 Å². The third-order valence-electron chi connectivity index (χ3n) is 10.1. The molecule has 0 aliphatic heterocycles. The van der Waals surface area contributed by atoms with E-state index in [4.69, 9.17) is 15.0 Å². The standard InChI is InChI=1S/C48H34N4/c49-31-32-24-26-33(27-25-32)37-28-38(45-43-23-13-11-21-41(43)40-20-10-12-22-42(40)44(45)34-14-4-1-5-15-34)30-39(29-37)48-51-46(35-16-6-2-7-17-35)50-47(52-48)36-18-8-3-9-19-36/h1-9,12-19,22-30H,10-11,20-21H2. The summed E-state index contributed by atoms with van der Waals surface area (Å²) in [5.74, 6) is 1.85. The van der Waals surface area contributed by atoms with Crippen molar-refractivity contribution in [2.45, 2.75) is 25.7 Å². The van der Waals surface area contributed by atoms with Crippen molar-refractivity contribution in [3.8, 4) is 73.6 Å². The van der Waals surface area contributed by atoms with E-state index in [0.29, 0.717) is 23.0 Å². The third kappa shape index (κ3) is 5.83. The minimum atomic E-state index is 0.605. The van der Waals surface area contributed by atoms with Gasteiger partial charge in [-0.15, -0.1) is 0 Å². The van der Waals surface area contributed by atoms with Crippen LogP contribution in [0.2, 0.25) is 0 Å². The molecule has 0 saturated heterocycles. The Hall–Kier alpha value is -6.70. The van der Waals surface area contributed by atoms with E-state index in [0.717, 1.165) is 59.1 Å². The minimum absolute atomic E-state index is 0.605. The zero-order valence-corrected chi connectivity index (χ0v) is 28.6. The van der Waals surface area contributed by atoms with E-state index in [1.807, 2.05) is 84.9 Å². The maximum atomic E-state index is 9.59. The van der Waals surface area contributed by atoms with Crippen LogP contribution in [0.15, 0.2) is 146 Å². The number of benzene rings is 6. The Morgan fingerprint density at radius 3 is 1.38 bits per heavy atom. The lowest BCUT2D eigenvalue weighted by Gasteiger charge is -2.28. The predicted molar refractivity (Wildman–Crippen MR) is 212 cm³/mol. The van der Waals surface area contributed by atoms with Gasteiger partial charge in [0.1, 0.15) is 0 Å². The average molecular weight is 667 g/mol. The van der Waals surface area contributed by atoms with Crippen LogP contribution in [0.5, 0.6) is 0 Å². The number of allylic oxidation sites excluding steroid dienone is 2. The fourth-order valence-electron chi connectivity index (χ4n) is 7.64. The summed E-state index contributed by atoms with van der Waals surface area (Å²) in [4.78, 5) is 15.3. The Kier molecular flexibility index (Phi) is 8.15. The molecule has 4 nitrogen and oxygen atoms in total. The first-order valence-electron chi connectivity index (χ1n) is 17.9. The number of aromatic nitrogens is 3. The molecule has 52 heavy (non-hydrogen) atoms. The maximum Gasteiger partial charge on any atom is 0.164 e. The highest BCUT2D eigenvalue weighted by Gasteiger charge is 2.26. The van der Waals surface area contributed by atoms with Crippen molar-refractivity contribution >= 4 is 12.2 Å². The van der Waals surface area contributed by atoms with Crippen molar-refractivity contribution in [3.63, 3.8) is 0 Å². The molecular formula is C48H34N4. The van der Waals surface area contributed by atoms with Gasteiger partial charge in [-0.3, -0.25) is 0 Å². The van der Waals surface area contributed by atoms with Gasteiger partial charge in [0.05, 0.1) is 11.6 Å². The number of nitriles is 1. The first-order valence-corrected chi connectivity index (χ1v) is 17.9. The Morgan fingerprint density at radius 1 is 0.423 bits per heavy atom. The van der Waals surface area contributed by atoms with Crippen molar-refractivity contribution < 1.29 is 0 Å². The summed E-state index contributed by atoms with van der Waals surface area (Å²) in [6.07, 6.45) is 13.5. The van der Waals surface area contributed by atoms with Crippen molar-refractivity contribution in [1.82, 2.24) is 15.0 Å².